The topological polar surface area (TPSA) is 53.0 Å². The number of halogens is 3. The Morgan fingerprint density at radius 3 is 2.46 bits per heavy atom. The van der Waals surface area contributed by atoms with Crippen LogP contribution in [0, 0.1) is 11.3 Å². The molecular weight excluding hydrogens is 183 g/mol. The van der Waals surface area contributed by atoms with Gasteiger partial charge in [0.05, 0.1) is 12.5 Å². The lowest BCUT2D eigenvalue weighted by molar-refractivity contribution is -0.137. The number of alkyl halides is 3. The van der Waals surface area contributed by atoms with E-state index in [0.717, 1.165) is 0 Å². The third-order valence-electron chi connectivity index (χ3n) is 1.45. The second kappa shape index (κ2) is 5.04. The normalized spacial score (nSPS) is 14.2. The van der Waals surface area contributed by atoms with Crippen LogP contribution in [0.2, 0.25) is 0 Å². The van der Waals surface area contributed by atoms with E-state index in [1.165, 1.54) is 11.9 Å². The van der Waals surface area contributed by atoms with Gasteiger partial charge in [-0.15, -0.1) is 0 Å². The molecule has 0 aromatic carbocycles. The van der Waals surface area contributed by atoms with E-state index >= 15 is 0 Å². The molecule has 1 atom stereocenters. The van der Waals surface area contributed by atoms with Crippen molar-refractivity contribution in [3.8, 4) is 6.07 Å². The lowest BCUT2D eigenvalue weighted by Crippen LogP contribution is -2.35. The standard InChI is InChI=1S/C7H12F3N3/c1-13(5-6(12)4-11)3-2-7(8,9)10/h6H,2-3,5,12H2,1H3. The monoisotopic (exact) mass is 195 g/mol. The summed E-state index contributed by atoms with van der Waals surface area (Å²) in [5, 5.41) is 8.29. The fourth-order valence-electron chi connectivity index (χ4n) is 0.786. The van der Waals surface area contributed by atoms with Crippen LogP contribution in [0.1, 0.15) is 6.42 Å². The predicted molar refractivity (Wildman–Crippen MR) is 41.8 cm³/mol. The zero-order chi connectivity index (χ0) is 10.5. The maximum Gasteiger partial charge on any atom is 0.390 e. The van der Waals surface area contributed by atoms with Crippen molar-refractivity contribution in [2.45, 2.75) is 18.6 Å². The summed E-state index contributed by atoms with van der Waals surface area (Å²) in [6.45, 7) is 0.0332. The van der Waals surface area contributed by atoms with Gasteiger partial charge in [-0.1, -0.05) is 0 Å². The number of nitrogens with zero attached hydrogens (tertiary/aromatic N) is 2. The Balaban J connectivity index is 3.65. The van der Waals surface area contributed by atoms with E-state index in [4.69, 9.17) is 11.0 Å². The minimum atomic E-state index is -4.15. The van der Waals surface area contributed by atoms with Crippen molar-refractivity contribution in [3.63, 3.8) is 0 Å². The van der Waals surface area contributed by atoms with Crippen LogP contribution in [0.3, 0.4) is 0 Å². The van der Waals surface area contributed by atoms with Crippen LogP contribution in [-0.4, -0.2) is 37.3 Å². The van der Waals surface area contributed by atoms with E-state index in [1.807, 2.05) is 0 Å². The van der Waals surface area contributed by atoms with Crippen molar-refractivity contribution in [2.24, 2.45) is 5.73 Å². The number of nitrogens with two attached hydrogens (primary N) is 1. The van der Waals surface area contributed by atoms with E-state index in [2.05, 4.69) is 0 Å². The summed E-state index contributed by atoms with van der Waals surface area (Å²) in [6, 6.07) is 1.02. The highest BCUT2D eigenvalue weighted by Gasteiger charge is 2.27. The van der Waals surface area contributed by atoms with Crippen LogP contribution in [0.4, 0.5) is 13.2 Å². The summed E-state index contributed by atoms with van der Waals surface area (Å²) >= 11 is 0. The summed E-state index contributed by atoms with van der Waals surface area (Å²) in [7, 11) is 1.50. The molecule has 0 rings (SSSR count). The lowest BCUT2D eigenvalue weighted by atomic mass is 10.3. The molecule has 76 valence electrons. The van der Waals surface area contributed by atoms with Gasteiger partial charge in [-0.05, 0) is 7.05 Å². The molecule has 0 aliphatic carbocycles. The van der Waals surface area contributed by atoms with Gasteiger partial charge in [-0.25, -0.2) is 0 Å². The number of rotatable bonds is 4. The molecule has 0 heterocycles. The molecular formula is C7H12F3N3. The average Bonchev–Trinajstić information content (AvgIpc) is 1.99. The quantitative estimate of drug-likeness (QED) is 0.719. The fraction of sp³-hybridized carbons (Fsp3) is 0.857. The molecule has 0 aliphatic rings. The zero-order valence-electron chi connectivity index (χ0n) is 7.30. The lowest BCUT2D eigenvalue weighted by Gasteiger charge is -2.18. The molecule has 0 saturated carbocycles. The van der Waals surface area contributed by atoms with Crippen LogP contribution in [0.25, 0.3) is 0 Å². The van der Waals surface area contributed by atoms with E-state index in [0.29, 0.717) is 0 Å². The van der Waals surface area contributed by atoms with Crippen molar-refractivity contribution >= 4 is 0 Å². The Morgan fingerprint density at radius 2 is 2.08 bits per heavy atom. The summed E-state index contributed by atoms with van der Waals surface area (Å²) in [5.74, 6) is 0. The smallest absolute Gasteiger partial charge is 0.315 e. The molecule has 0 bridgehead atoms. The second-order valence-electron chi connectivity index (χ2n) is 2.86. The minimum absolute atomic E-state index is 0.126. The van der Waals surface area contributed by atoms with Crippen LogP contribution >= 0.6 is 0 Å². The second-order valence-corrected chi connectivity index (χ2v) is 2.86. The largest absolute Gasteiger partial charge is 0.390 e. The zero-order valence-corrected chi connectivity index (χ0v) is 7.30. The Kier molecular flexibility index (Phi) is 4.73. The van der Waals surface area contributed by atoms with Crippen LogP contribution < -0.4 is 5.73 Å². The summed E-state index contributed by atoms with van der Waals surface area (Å²) in [4.78, 5) is 1.39. The Hall–Kier alpha value is -0.800. The van der Waals surface area contributed by atoms with Crippen LogP contribution in [0.5, 0.6) is 0 Å². The first-order valence-electron chi connectivity index (χ1n) is 3.75. The van der Waals surface area contributed by atoms with Gasteiger partial charge in [-0.3, -0.25) is 0 Å². The molecule has 0 aromatic rings. The third-order valence-corrected chi connectivity index (χ3v) is 1.45. The van der Waals surface area contributed by atoms with Crippen molar-refractivity contribution in [1.82, 2.24) is 4.90 Å². The summed E-state index contributed by atoms with van der Waals surface area (Å²) in [5.41, 5.74) is 5.23. The van der Waals surface area contributed by atoms with Gasteiger partial charge < -0.3 is 10.6 Å². The molecule has 0 amide bonds. The van der Waals surface area contributed by atoms with Gasteiger partial charge in [0.25, 0.3) is 0 Å². The maximum absolute atomic E-state index is 11.7. The van der Waals surface area contributed by atoms with E-state index < -0.39 is 18.6 Å². The van der Waals surface area contributed by atoms with Gasteiger partial charge in [-0.2, -0.15) is 18.4 Å². The molecule has 6 heteroatoms. The molecule has 0 saturated heterocycles. The van der Waals surface area contributed by atoms with Gasteiger partial charge in [0, 0.05) is 13.1 Å². The van der Waals surface area contributed by atoms with Gasteiger partial charge in [0.15, 0.2) is 0 Å². The molecule has 0 aliphatic heterocycles. The average molecular weight is 195 g/mol. The Morgan fingerprint density at radius 1 is 1.54 bits per heavy atom. The Bertz CT molecular complexity index is 184. The van der Waals surface area contributed by atoms with Gasteiger partial charge in [0.1, 0.15) is 6.04 Å². The molecule has 0 radical (unpaired) electrons. The Labute approximate surface area is 74.9 Å². The van der Waals surface area contributed by atoms with Crippen molar-refractivity contribution in [1.29, 1.82) is 5.26 Å². The first kappa shape index (κ1) is 12.2. The van der Waals surface area contributed by atoms with E-state index in [9.17, 15) is 13.2 Å². The van der Waals surface area contributed by atoms with Gasteiger partial charge in [0.2, 0.25) is 0 Å². The first-order valence-corrected chi connectivity index (χ1v) is 3.75. The van der Waals surface area contributed by atoms with Crippen molar-refractivity contribution in [3.05, 3.63) is 0 Å². The first-order chi connectivity index (χ1) is 5.85. The van der Waals surface area contributed by atoms with Crippen LogP contribution in [0.15, 0.2) is 0 Å². The molecule has 13 heavy (non-hydrogen) atoms. The van der Waals surface area contributed by atoms with Crippen molar-refractivity contribution < 1.29 is 13.2 Å². The molecule has 1 unspecified atom stereocenters. The number of nitriles is 1. The molecule has 0 spiro atoms. The molecule has 2 N–H and O–H groups in total. The van der Waals surface area contributed by atoms with Crippen molar-refractivity contribution in [2.75, 3.05) is 20.1 Å². The van der Waals surface area contributed by atoms with Crippen LogP contribution in [-0.2, 0) is 0 Å². The van der Waals surface area contributed by atoms with E-state index in [-0.39, 0.29) is 13.1 Å². The SMILES string of the molecule is CN(CCC(F)(F)F)CC(N)C#N. The van der Waals surface area contributed by atoms with Gasteiger partial charge >= 0.3 is 6.18 Å². The fourth-order valence-corrected chi connectivity index (χ4v) is 0.786. The third kappa shape index (κ3) is 7.56. The summed E-state index contributed by atoms with van der Waals surface area (Å²) in [6.07, 6.45) is -5.02. The number of hydrogen-bond acceptors (Lipinski definition) is 3. The highest BCUT2D eigenvalue weighted by atomic mass is 19.4. The molecule has 0 fully saturated rings. The molecule has 3 nitrogen and oxygen atoms in total. The summed E-state index contributed by atoms with van der Waals surface area (Å²) < 4.78 is 35.1. The highest BCUT2D eigenvalue weighted by Crippen LogP contribution is 2.19. The molecule has 0 aromatic heterocycles. The number of hydrogen-bond donors (Lipinski definition) is 1. The maximum atomic E-state index is 11.7. The predicted octanol–water partition coefficient (Wildman–Crippen LogP) is 0.721. The minimum Gasteiger partial charge on any atom is -0.315 e. The van der Waals surface area contributed by atoms with E-state index in [1.54, 1.807) is 6.07 Å². The number of likely N-dealkylation sites (N-methyl/N-ethyl adjacent to an activating group) is 1. The highest BCUT2D eigenvalue weighted by molar-refractivity contribution is 4.88.